The molecule has 2 rings (SSSR count). The smallest absolute Gasteiger partial charge is 0.259 e. The standard InChI is InChI=1S/C15H16ClN3O/c1-10-4-6-11(7-5-10)19(3)15(20)12-8-14(17-2)18-9-13(12)16/h4-9H,1-3H3,(H,17,18). The number of hydrogen-bond donors (Lipinski definition) is 1. The number of carbonyl (C=O) groups is 1. The van der Waals surface area contributed by atoms with E-state index in [4.69, 9.17) is 11.6 Å². The molecule has 104 valence electrons. The molecular formula is C15H16ClN3O. The van der Waals surface area contributed by atoms with Gasteiger partial charge in [0.05, 0.1) is 10.6 Å². The highest BCUT2D eigenvalue weighted by molar-refractivity contribution is 6.34. The van der Waals surface area contributed by atoms with Crippen LogP contribution in [0.2, 0.25) is 5.02 Å². The van der Waals surface area contributed by atoms with Gasteiger partial charge in [-0.15, -0.1) is 0 Å². The van der Waals surface area contributed by atoms with Crippen LogP contribution in [0.4, 0.5) is 11.5 Å². The van der Waals surface area contributed by atoms with Crippen molar-refractivity contribution >= 4 is 29.0 Å². The van der Waals surface area contributed by atoms with Crippen molar-refractivity contribution in [3.63, 3.8) is 0 Å². The average Bonchev–Trinajstić information content (AvgIpc) is 2.47. The van der Waals surface area contributed by atoms with Crippen molar-refractivity contribution in [1.82, 2.24) is 4.98 Å². The van der Waals surface area contributed by atoms with Crippen LogP contribution in [0.1, 0.15) is 15.9 Å². The van der Waals surface area contributed by atoms with Crippen LogP contribution in [0, 0.1) is 6.92 Å². The van der Waals surface area contributed by atoms with Crippen molar-refractivity contribution in [1.29, 1.82) is 0 Å². The van der Waals surface area contributed by atoms with E-state index in [9.17, 15) is 4.79 Å². The number of pyridine rings is 1. The number of carbonyl (C=O) groups excluding carboxylic acids is 1. The number of rotatable bonds is 3. The van der Waals surface area contributed by atoms with Crippen LogP contribution in [0.3, 0.4) is 0 Å². The van der Waals surface area contributed by atoms with E-state index in [2.05, 4.69) is 10.3 Å². The minimum atomic E-state index is -0.169. The predicted octanol–water partition coefficient (Wildman–Crippen LogP) is 3.36. The Morgan fingerprint density at radius 2 is 1.95 bits per heavy atom. The molecule has 0 saturated carbocycles. The fourth-order valence-corrected chi connectivity index (χ4v) is 1.99. The first-order valence-corrected chi connectivity index (χ1v) is 6.58. The Labute approximate surface area is 123 Å². The molecule has 4 nitrogen and oxygen atoms in total. The molecule has 0 fully saturated rings. The van der Waals surface area contributed by atoms with E-state index in [1.54, 1.807) is 25.1 Å². The fourth-order valence-electron chi connectivity index (χ4n) is 1.81. The van der Waals surface area contributed by atoms with Gasteiger partial charge in [0.15, 0.2) is 0 Å². The first-order valence-electron chi connectivity index (χ1n) is 6.21. The van der Waals surface area contributed by atoms with Crippen molar-refractivity contribution in [3.8, 4) is 0 Å². The van der Waals surface area contributed by atoms with Crippen LogP contribution in [0.25, 0.3) is 0 Å². The highest BCUT2D eigenvalue weighted by Crippen LogP contribution is 2.22. The third kappa shape index (κ3) is 2.91. The third-order valence-electron chi connectivity index (χ3n) is 3.07. The lowest BCUT2D eigenvalue weighted by atomic mass is 10.2. The van der Waals surface area contributed by atoms with Gasteiger partial charge in [0.1, 0.15) is 5.82 Å². The SMILES string of the molecule is CNc1cc(C(=O)N(C)c2ccc(C)cc2)c(Cl)cn1. The van der Waals surface area contributed by atoms with Gasteiger partial charge in [-0.25, -0.2) is 4.98 Å². The molecule has 5 heteroatoms. The van der Waals surface area contributed by atoms with Gasteiger partial charge in [-0.3, -0.25) is 4.79 Å². The van der Waals surface area contributed by atoms with Crippen LogP contribution in [0.5, 0.6) is 0 Å². The Morgan fingerprint density at radius 1 is 1.30 bits per heavy atom. The molecule has 2 aromatic rings. The normalized spacial score (nSPS) is 10.2. The number of halogens is 1. The maximum atomic E-state index is 12.5. The van der Waals surface area contributed by atoms with Crippen molar-refractivity contribution < 1.29 is 4.79 Å². The van der Waals surface area contributed by atoms with Crippen LogP contribution < -0.4 is 10.2 Å². The van der Waals surface area contributed by atoms with Crippen LogP contribution in [-0.4, -0.2) is 25.0 Å². The van der Waals surface area contributed by atoms with E-state index >= 15 is 0 Å². The van der Waals surface area contributed by atoms with Crippen LogP contribution >= 0.6 is 11.6 Å². The Bertz CT molecular complexity index is 626. The molecule has 0 atom stereocenters. The zero-order chi connectivity index (χ0) is 14.7. The number of aromatic nitrogens is 1. The van der Waals surface area contributed by atoms with Crippen molar-refractivity contribution in [2.24, 2.45) is 0 Å². The number of aryl methyl sites for hydroxylation is 1. The van der Waals surface area contributed by atoms with Crippen molar-refractivity contribution in [3.05, 3.63) is 52.7 Å². The first-order chi connectivity index (χ1) is 9.52. The van der Waals surface area contributed by atoms with Crippen LogP contribution in [0.15, 0.2) is 36.5 Å². The molecular weight excluding hydrogens is 274 g/mol. The lowest BCUT2D eigenvalue weighted by Gasteiger charge is -2.18. The maximum absolute atomic E-state index is 12.5. The van der Waals surface area contributed by atoms with Gasteiger partial charge in [0, 0.05) is 26.0 Å². The Kier molecular flexibility index (Phi) is 4.25. The molecule has 1 heterocycles. The summed E-state index contributed by atoms with van der Waals surface area (Å²) in [6, 6.07) is 9.39. The zero-order valence-electron chi connectivity index (χ0n) is 11.6. The topological polar surface area (TPSA) is 45.2 Å². The summed E-state index contributed by atoms with van der Waals surface area (Å²) in [6.07, 6.45) is 1.48. The number of amides is 1. The number of nitrogens with zero attached hydrogens (tertiary/aromatic N) is 2. The van der Waals surface area contributed by atoms with Crippen LogP contribution in [-0.2, 0) is 0 Å². The minimum Gasteiger partial charge on any atom is -0.373 e. The van der Waals surface area contributed by atoms with E-state index < -0.39 is 0 Å². The Morgan fingerprint density at radius 3 is 2.55 bits per heavy atom. The second-order valence-corrected chi connectivity index (χ2v) is 4.91. The van der Waals surface area contributed by atoms with E-state index in [-0.39, 0.29) is 5.91 Å². The molecule has 1 N–H and O–H groups in total. The first kappa shape index (κ1) is 14.3. The molecule has 1 aromatic carbocycles. The quantitative estimate of drug-likeness (QED) is 0.942. The van der Waals surface area contributed by atoms with E-state index in [1.165, 1.54) is 6.20 Å². The molecule has 0 unspecified atom stereocenters. The summed E-state index contributed by atoms with van der Waals surface area (Å²) < 4.78 is 0. The Balaban J connectivity index is 2.33. The van der Waals surface area contributed by atoms with Gasteiger partial charge in [0.25, 0.3) is 5.91 Å². The maximum Gasteiger partial charge on any atom is 0.259 e. The monoisotopic (exact) mass is 289 g/mol. The number of anilines is 2. The molecule has 0 aliphatic carbocycles. The number of benzene rings is 1. The minimum absolute atomic E-state index is 0.169. The van der Waals surface area contributed by atoms with Gasteiger partial charge in [0.2, 0.25) is 0 Å². The van der Waals surface area contributed by atoms with Gasteiger partial charge < -0.3 is 10.2 Å². The van der Waals surface area contributed by atoms with Crippen molar-refractivity contribution in [2.75, 3.05) is 24.3 Å². The predicted molar refractivity (Wildman–Crippen MR) is 82.7 cm³/mol. The van der Waals surface area contributed by atoms with Gasteiger partial charge >= 0.3 is 0 Å². The summed E-state index contributed by atoms with van der Waals surface area (Å²) in [4.78, 5) is 18.1. The second-order valence-electron chi connectivity index (χ2n) is 4.50. The number of nitrogens with one attached hydrogen (secondary N) is 1. The summed E-state index contributed by atoms with van der Waals surface area (Å²) in [7, 11) is 3.47. The average molecular weight is 290 g/mol. The molecule has 0 spiro atoms. The lowest BCUT2D eigenvalue weighted by molar-refractivity contribution is 0.0993. The molecule has 1 aromatic heterocycles. The summed E-state index contributed by atoms with van der Waals surface area (Å²) in [5, 5.41) is 3.24. The number of hydrogen-bond acceptors (Lipinski definition) is 3. The highest BCUT2D eigenvalue weighted by Gasteiger charge is 2.17. The molecule has 0 bridgehead atoms. The Hall–Kier alpha value is -2.07. The van der Waals surface area contributed by atoms with Gasteiger partial charge in [-0.05, 0) is 25.1 Å². The molecule has 0 aliphatic heterocycles. The molecule has 0 radical (unpaired) electrons. The second kappa shape index (κ2) is 5.92. The van der Waals surface area contributed by atoms with E-state index in [0.29, 0.717) is 16.4 Å². The summed E-state index contributed by atoms with van der Waals surface area (Å²) >= 11 is 6.07. The molecule has 0 saturated heterocycles. The van der Waals surface area contributed by atoms with Gasteiger partial charge in [-0.1, -0.05) is 29.3 Å². The zero-order valence-corrected chi connectivity index (χ0v) is 12.4. The summed E-state index contributed by atoms with van der Waals surface area (Å²) in [6.45, 7) is 2.00. The largest absolute Gasteiger partial charge is 0.373 e. The lowest BCUT2D eigenvalue weighted by Crippen LogP contribution is -2.26. The van der Waals surface area contributed by atoms with E-state index in [1.807, 2.05) is 31.2 Å². The highest BCUT2D eigenvalue weighted by atomic mass is 35.5. The molecule has 20 heavy (non-hydrogen) atoms. The van der Waals surface area contributed by atoms with E-state index in [0.717, 1.165) is 11.3 Å². The van der Waals surface area contributed by atoms with Crippen molar-refractivity contribution in [2.45, 2.75) is 6.92 Å². The summed E-state index contributed by atoms with van der Waals surface area (Å²) in [5.74, 6) is 0.438. The fraction of sp³-hybridized carbons (Fsp3) is 0.200. The third-order valence-corrected chi connectivity index (χ3v) is 3.37. The summed E-state index contributed by atoms with van der Waals surface area (Å²) in [5.41, 5.74) is 2.39. The molecule has 0 aliphatic rings. The van der Waals surface area contributed by atoms with Gasteiger partial charge in [-0.2, -0.15) is 0 Å². The molecule has 1 amide bonds.